The summed E-state index contributed by atoms with van der Waals surface area (Å²) < 4.78 is 33.9. The lowest BCUT2D eigenvalue weighted by atomic mass is 9.96. The Bertz CT molecular complexity index is 1470. The minimum Gasteiger partial charge on any atom is -0.468 e. The number of carbonyl (C=O) groups is 4. The molecular weight excluding hydrogens is 564 g/mol. The fourth-order valence-corrected chi connectivity index (χ4v) is 6.54. The molecule has 0 radical (unpaired) electrons. The zero-order valence-corrected chi connectivity index (χ0v) is 24.2. The second-order valence-electron chi connectivity index (χ2n) is 10.6. The van der Waals surface area contributed by atoms with Crippen LogP contribution in [0.3, 0.4) is 0 Å². The summed E-state index contributed by atoms with van der Waals surface area (Å²) in [5.41, 5.74) is 5.62. The van der Waals surface area contributed by atoms with Crippen LogP contribution in [-0.2, 0) is 33.9 Å². The standard InChI is InChI=1S/C28H36N6O7S/c1-41-27(38)22-17-33(12-10-24(22)35)25(36)14-23(26(37)31-15-18-5-4-11-34(16-18)28(29)30)32-42(39,40)21-9-8-19-6-2-3-7-20(19)13-21/h2-3,6-9,13,18,22-23,32H,4-5,10-12,14-17H2,1H3,(H3,29,30)(H,31,37)/t18-,22?,23+/m0/s1. The van der Waals surface area contributed by atoms with Crippen molar-refractivity contribution < 1.29 is 32.3 Å². The lowest BCUT2D eigenvalue weighted by Crippen LogP contribution is -2.53. The van der Waals surface area contributed by atoms with Crippen molar-refractivity contribution in [3.8, 4) is 0 Å². The average Bonchev–Trinajstić information content (AvgIpc) is 2.99. The van der Waals surface area contributed by atoms with Gasteiger partial charge < -0.3 is 25.6 Å². The number of nitrogens with one attached hydrogen (secondary N) is 3. The number of likely N-dealkylation sites (tertiary alicyclic amines) is 2. The average molecular weight is 601 g/mol. The number of ketones is 1. The number of methoxy groups -OCH3 is 1. The minimum absolute atomic E-state index is 0.0195. The van der Waals surface area contributed by atoms with Gasteiger partial charge >= 0.3 is 5.97 Å². The quantitative estimate of drug-likeness (QED) is 0.135. The molecule has 2 aromatic rings. The molecule has 13 nitrogen and oxygen atoms in total. The Morgan fingerprint density at radius 2 is 1.83 bits per heavy atom. The van der Waals surface area contributed by atoms with E-state index in [1.807, 2.05) is 12.1 Å². The molecule has 2 fully saturated rings. The van der Waals surface area contributed by atoms with E-state index < -0.39 is 46.2 Å². The number of hydrogen-bond donors (Lipinski definition) is 4. The Morgan fingerprint density at radius 3 is 2.55 bits per heavy atom. The van der Waals surface area contributed by atoms with Crippen LogP contribution in [0.25, 0.3) is 10.8 Å². The third-order valence-electron chi connectivity index (χ3n) is 7.71. The first-order valence-electron chi connectivity index (χ1n) is 13.7. The zero-order chi connectivity index (χ0) is 30.4. The summed E-state index contributed by atoms with van der Waals surface area (Å²) in [7, 11) is -3.08. The molecule has 2 saturated heterocycles. The number of fused-ring (bicyclic) bond motifs is 1. The van der Waals surface area contributed by atoms with E-state index in [9.17, 15) is 27.6 Å². The molecule has 0 saturated carbocycles. The fourth-order valence-electron chi connectivity index (χ4n) is 5.31. The highest BCUT2D eigenvalue weighted by atomic mass is 32.2. The van der Waals surface area contributed by atoms with Gasteiger partial charge in [0.05, 0.1) is 18.4 Å². The van der Waals surface area contributed by atoms with Crippen LogP contribution >= 0.6 is 0 Å². The Labute approximate surface area is 244 Å². The first-order valence-corrected chi connectivity index (χ1v) is 15.2. The van der Waals surface area contributed by atoms with Crippen molar-refractivity contribution in [2.45, 2.75) is 36.6 Å². The molecule has 2 heterocycles. The normalized spacial score (nSPS) is 20.2. The van der Waals surface area contributed by atoms with Gasteiger partial charge in [0.2, 0.25) is 21.8 Å². The number of nitrogens with two attached hydrogens (primary N) is 1. The first-order chi connectivity index (χ1) is 20.0. The summed E-state index contributed by atoms with van der Waals surface area (Å²) in [5.74, 6) is -3.58. The zero-order valence-electron chi connectivity index (χ0n) is 23.4. The van der Waals surface area contributed by atoms with Gasteiger partial charge in [-0.05, 0) is 41.7 Å². The predicted molar refractivity (Wildman–Crippen MR) is 154 cm³/mol. The maximum Gasteiger partial charge on any atom is 0.318 e. The number of guanidine groups is 1. The molecule has 14 heteroatoms. The second-order valence-corrected chi connectivity index (χ2v) is 12.3. The van der Waals surface area contributed by atoms with Crippen molar-refractivity contribution in [2.24, 2.45) is 17.6 Å². The van der Waals surface area contributed by atoms with Gasteiger partial charge in [-0.1, -0.05) is 30.3 Å². The molecule has 42 heavy (non-hydrogen) atoms. The molecule has 1 unspecified atom stereocenters. The van der Waals surface area contributed by atoms with Crippen molar-refractivity contribution in [3.63, 3.8) is 0 Å². The molecule has 2 aromatic carbocycles. The molecule has 0 spiro atoms. The van der Waals surface area contributed by atoms with E-state index in [0.717, 1.165) is 25.3 Å². The maximum atomic E-state index is 13.4. The SMILES string of the molecule is COC(=O)C1CN(C(=O)C[C@@H](NS(=O)(=O)c2ccc3ccccc3c2)C(=O)NC[C@@H]2CCCN(C(=N)N)C2)CCC1=O. The number of carbonyl (C=O) groups excluding carboxylic acids is 4. The molecule has 5 N–H and O–H groups in total. The van der Waals surface area contributed by atoms with E-state index in [4.69, 9.17) is 11.1 Å². The van der Waals surface area contributed by atoms with Crippen LogP contribution in [0.5, 0.6) is 0 Å². The number of Topliss-reactive ketones (excluding diaryl/α,β-unsaturated/α-hetero) is 1. The lowest BCUT2D eigenvalue weighted by Gasteiger charge is -2.33. The van der Waals surface area contributed by atoms with Gasteiger partial charge in [-0.3, -0.25) is 24.6 Å². The number of ether oxygens (including phenoxy) is 1. The van der Waals surface area contributed by atoms with E-state index in [1.165, 1.54) is 17.0 Å². The molecule has 2 amide bonds. The van der Waals surface area contributed by atoms with Crippen LogP contribution in [0.4, 0.5) is 0 Å². The van der Waals surface area contributed by atoms with E-state index in [-0.39, 0.29) is 48.6 Å². The van der Waals surface area contributed by atoms with E-state index in [2.05, 4.69) is 14.8 Å². The Hall–Kier alpha value is -4.04. The predicted octanol–water partition coefficient (Wildman–Crippen LogP) is 0.189. The van der Waals surface area contributed by atoms with Crippen molar-refractivity contribution in [2.75, 3.05) is 39.8 Å². The maximum absolute atomic E-state index is 13.4. The van der Waals surface area contributed by atoms with Gasteiger partial charge in [0, 0.05) is 39.1 Å². The van der Waals surface area contributed by atoms with Crippen molar-refractivity contribution in [1.29, 1.82) is 5.41 Å². The second kappa shape index (κ2) is 13.3. The van der Waals surface area contributed by atoms with Crippen molar-refractivity contribution in [3.05, 3.63) is 42.5 Å². The van der Waals surface area contributed by atoms with Crippen LogP contribution in [0.15, 0.2) is 47.4 Å². The number of esters is 1. The highest BCUT2D eigenvalue weighted by Crippen LogP contribution is 2.21. The van der Waals surface area contributed by atoms with Gasteiger partial charge in [-0.2, -0.15) is 4.72 Å². The van der Waals surface area contributed by atoms with Gasteiger partial charge in [0.15, 0.2) is 11.7 Å². The van der Waals surface area contributed by atoms with E-state index in [0.29, 0.717) is 18.5 Å². The van der Waals surface area contributed by atoms with Crippen LogP contribution in [-0.4, -0.2) is 93.6 Å². The monoisotopic (exact) mass is 600 g/mol. The topological polar surface area (TPSA) is 192 Å². The largest absolute Gasteiger partial charge is 0.468 e. The van der Waals surface area contributed by atoms with Crippen LogP contribution in [0.1, 0.15) is 25.7 Å². The van der Waals surface area contributed by atoms with Crippen LogP contribution in [0.2, 0.25) is 0 Å². The van der Waals surface area contributed by atoms with Gasteiger partial charge in [-0.15, -0.1) is 0 Å². The van der Waals surface area contributed by atoms with E-state index in [1.54, 1.807) is 23.1 Å². The Kier molecular flexibility index (Phi) is 9.78. The third-order valence-corrected chi connectivity index (χ3v) is 9.18. The molecule has 2 aliphatic heterocycles. The fraction of sp³-hybridized carbons (Fsp3) is 0.464. The van der Waals surface area contributed by atoms with Gasteiger partial charge in [-0.25, -0.2) is 8.42 Å². The van der Waals surface area contributed by atoms with E-state index >= 15 is 0 Å². The molecule has 0 aliphatic carbocycles. The molecule has 4 rings (SSSR count). The first kappa shape index (κ1) is 30.9. The summed E-state index contributed by atoms with van der Waals surface area (Å²) in [4.78, 5) is 53.9. The summed E-state index contributed by atoms with van der Waals surface area (Å²) in [6.07, 6.45) is 0.989. The molecular formula is C28H36N6O7S. The highest BCUT2D eigenvalue weighted by Gasteiger charge is 2.37. The Morgan fingerprint density at radius 1 is 1.10 bits per heavy atom. The molecule has 3 atom stereocenters. The number of rotatable bonds is 9. The van der Waals surface area contributed by atoms with Crippen molar-refractivity contribution >= 4 is 50.3 Å². The number of sulfonamides is 1. The minimum atomic E-state index is -4.24. The third kappa shape index (κ3) is 7.42. The summed E-state index contributed by atoms with van der Waals surface area (Å²) >= 11 is 0. The van der Waals surface area contributed by atoms with Crippen LogP contribution < -0.4 is 15.8 Å². The summed E-state index contributed by atoms with van der Waals surface area (Å²) in [5, 5.41) is 12.0. The number of benzene rings is 2. The molecule has 2 aliphatic rings. The highest BCUT2D eigenvalue weighted by molar-refractivity contribution is 7.89. The van der Waals surface area contributed by atoms with Crippen LogP contribution in [0, 0.1) is 17.2 Å². The number of amides is 2. The Balaban J connectivity index is 1.52. The number of hydrogen-bond acceptors (Lipinski definition) is 8. The molecule has 226 valence electrons. The smallest absolute Gasteiger partial charge is 0.318 e. The van der Waals surface area contributed by atoms with Gasteiger partial charge in [0.1, 0.15) is 12.0 Å². The van der Waals surface area contributed by atoms with Gasteiger partial charge in [0.25, 0.3) is 0 Å². The molecule has 0 bridgehead atoms. The number of nitrogens with zero attached hydrogens (tertiary/aromatic N) is 2. The lowest BCUT2D eigenvalue weighted by molar-refractivity contribution is -0.153. The number of piperidine rings is 2. The summed E-state index contributed by atoms with van der Waals surface area (Å²) in [6.45, 7) is 1.15. The van der Waals surface area contributed by atoms with Crippen molar-refractivity contribution in [1.82, 2.24) is 19.8 Å². The summed E-state index contributed by atoms with van der Waals surface area (Å²) in [6, 6.07) is 10.3. The molecule has 0 aromatic heterocycles.